The molecule has 30 heavy (non-hydrogen) atoms. The third-order valence-corrected chi connectivity index (χ3v) is 5.43. The standard InChI is InChI=1S/C23H32N4O3/c1-15(2)10-22-24-21(25-30-22)7-9-27(18(5)28)20-6-8-26(14-20)23(29)19-12-16(3)11-17(4)13-19/h11-13,15,20H,6-10,14H2,1-5H3. The molecule has 162 valence electrons. The highest BCUT2D eigenvalue weighted by Gasteiger charge is 2.32. The van der Waals surface area contributed by atoms with Crippen LogP contribution in [0.5, 0.6) is 0 Å². The number of carbonyl (C=O) groups is 2. The van der Waals surface area contributed by atoms with E-state index in [9.17, 15) is 9.59 Å². The fourth-order valence-corrected chi connectivity index (χ4v) is 4.10. The Kier molecular flexibility index (Phi) is 6.90. The molecule has 1 aromatic carbocycles. The van der Waals surface area contributed by atoms with Crippen molar-refractivity contribution in [2.75, 3.05) is 19.6 Å². The first kappa shape index (κ1) is 22.0. The van der Waals surface area contributed by atoms with Crippen molar-refractivity contribution in [2.45, 2.75) is 59.9 Å². The third-order valence-electron chi connectivity index (χ3n) is 5.43. The van der Waals surface area contributed by atoms with Crippen LogP contribution in [0.4, 0.5) is 0 Å². The van der Waals surface area contributed by atoms with E-state index < -0.39 is 0 Å². The minimum atomic E-state index is 0.00611. The molecule has 2 amide bonds. The number of likely N-dealkylation sites (tertiary alicyclic amines) is 1. The van der Waals surface area contributed by atoms with Crippen molar-refractivity contribution in [1.29, 1.82) is 0 Å². The van der Waals surface area contributed by atoms with Gasteiger partial charge in [0.15, 0.2) is 5.82 Å². The summed E-state index contributed by atoms with van der Waals surface area (Å²) in [5.41, 5.74) is 2.87. The van der Waals surface area contributed by atoms with Crippen molar-refractivity contribution in [1.82, 2.24) is 19.9 Å². The van der Waals surface area contributed by atoms with Gasteiger partial charge in [-0.3, -0.25) is 9.59 Å². The van der Waals surface area contributed by atoms with Gasteiger partial charge in [0.05, 0.1) is 6.04 Å². The van der Waals surface area contributed by atoms with Crippen LogP contribution in [0, 0.1) is 19.8 Å². The van der Waals surface area contributed by atoms with E-state index in [2.05, 4.69) is 30.1 Å². The van der Waals surface area contributed by atoms with Crippen LogP contribution < -0.4 is 0 Å². The van der Waals surface area contributed by atoms with Gasteiger partial charge in [-0.05, 0) is 38.3 Å². The van der Waals surface area contributed by atoms with Crippen LogP contribution in [-0.2, 0) is 17.6 Å². The Labute approximate surface area is 178 Å². The maximum absolute atomic E-state index is 12.9. The van der Waals surface area contributed by atoms with Crippen molar-refractivity contribution >= 4 is 11.8 Å². The van der Waals surface area contributed by atoms with Crippen molar-refractivity contribution in [3.05, 3.63) is 46.6 Å². The number of aromatic nitrogens is 2. The van der Waals surface area contributed by atoms with Crippen LogP contribution in [0.15, 0.2) is 22.7 Å². The van der Waals surface area contributed by atoms with Crippen LogP contribution in [0.1, 0.15) is 60.4 Å². The van der Waals surface area contributed by atoms with Gasteiger partial charge in [-0.1, -0.05) is 36.2 Å². The molecule has 1 fully saturated rings. The van der Waals surface area contributed by atoms with Gasteiger partial charge < -0.3 is 14.3 Å². The molecule has 0 spiro atoms. The van der Waals surface area contributed by atoms with Gasteiger partial charge in [0.1, 0.15) is 0 Å². The molecule has 1 unspecified atom stereocenters. The van der Waals surface area contributed by atoms with Gasteiger partial charge in [-0.25, -0.2) is 0 Å². The highest BCUT2D eigenvalue weighted by atomic mass is 16.5. The molecule has 0 bridgehead atoms. The van der Waals surface area contributed by atoms with Gasteiger partial charge in [-0.2, -0.15) is 4.98 Å². The van der Waals surface area contributed by atoms with E-state index in [1.165, 1.54) is 0 Å². The quantitative estimate of drug-likeness (QED) is 0.698. The second-order valence-electron chi connectivity index (χ2n) is 8.73. The molecule has 2 aromatic rings. The van der Waals surface area contributed by atoms with Crippen molar-refractivity contribution in [3.8, 4) is 0 Å². The SMILES string of the molecule is CC(=O)N(CCc1noc(CC(C)C)n1)C1CCN(C(=O)c2cc(C)cc(C)c2)C1. The summed E-state index contributed by atoms with van der Waals surface area (Å²) in [6.07, 6.45) is 2.07. The molecule has 3 rings (SSSR count). The summed E-state index contributed by atoms with van der Waals surface area (Å²) in [6, 6.07) is 5.93. The molecule has 0 saturated carbocycles. The summed E-state index contributed by atoms with van der Waals surface area (Å²) in [4.78, 5) is 33.4. The number of nitrogens with zero attached hydrogens (tertiary/aromatic N) is 4. The topological polar surface area (TPSA) is 79.5 Å². The molecule has 7 nitrogen and oxygen atoms in total. The van der Waals surface area contributed by atoms with Gasteiger partial charge >= 0.3 is 0 Å². The monoisotopic (exact) mass is 412 g/mol. The second-order valence-corrected chi connectivity index (χ2v) is 8.73. The zero-order valence-corrected chi connectivity index (χ0v) is 18.6. The maximum Gasteiger partial charge on any atom is 0.253 e. The maximum atomic E-state index is 12.9. The van der Waals surface area contributed by atoms with E-state index in [-0.39, 0.29) is 17.9 Å². The van der Waals surface area contributed by atoms with Gasteiger partial charge in [0, 0.05) is 45.0 Å². The molecule has 2 heterocycles. The fraction of sp³-hybridized carbons (Fsp3) is 0.565. The predicted molar refractivity (Wildman–Crippen MR) is 114 cm³/mol. The molecule has 1 aromatic heterocycles. The Hall–Kier alpha value is -2.70. The molecule has 7 heteroatoms. The Morgan fingerprint density at radius 1 is 1.23 bits per heavy atom. The average Bonchev–Trinajstić information content (AvgIpc) is 3.29. The van der Waals surface area contributed by atoms with E-state index >= 15 is 0 Å². The summed E-state index contributed by atoms with van der Waals surface area (Å²) in [6.45, 7) is 11.5. The molecule has 1 aliphatic heterocycles. The number of benzene rings is 1. The number of aryl methyl sites for hydroxylation is 2. The van der Waals surface area contributed by atoms with E-state index in [0.717, 1.165) is 24.0 Å². The molecular weight excluding hydrogens is 380 g/mol. The van der Waals surface area contributed by atoms with Crippen LogP contribution in [0.25, 0.3) is 0 Å². The Morgan fingerprint density at radius 2 is 1.93 bits per heavy atom. The minimum Gasteiger partial charge on any atom is -0.339 e. The largest absolute Gasteiger partial charge is 0.339 e. The Morgan fingerprint density at radius 3 is 2.57 bits per heavy atom. The van der Waals surface area contributed by atoms with Crippen molar-refractivity contribution in [3.63, 3.8) is 0 Å². The lowest BCUT2D eigenvalue weighted by Crippen LogP contribution is -2.42. The van der Waals surface area contributed by atoms with Gasteiger partial charge in [0.2, 0.25) is 11.8 Å². The molecule has 1 saturated heterocycles. The second kappa shape index (κ2) is 9.41. The average molecular weight is 413 g/mol. The Balaban J connectivity index is 1.61. The molecule has 1 atom stereocenters. The van der Waals surface area contributed by atoms with E-state index in [1.807, 2.05) is 35.8 Å². The Bertz CT molecular complexity index is 885. The van der Waals surface area contributed by atoms with E-state index in [1.54, 1.807) is 6.92 Å². The summed E-state index contributed by atoms with van der Waals surface area (Å²) in [5.74, 6) is 1.75. The lowest BCUT2D eigenvalue weighted by Gasteiger charge is -2.27. The molecule has 0 radical (unpaired) electrons. The lowest BCUT2D eigenvalue weighted by atomic mass is 10.1. The lowest BCUT2D eigenvalue weighted by molar-refractivity contribution is -0.130. The van der Waals surface area contributed by atoms with Crippen LogP contribution in [0.3, 0.4) is 0 Å². The van der Waals surface area contributed by atoms with Gasteiger partial charge in [0.25, 0.3) is 5.91 Å². The van der Waals surface area contributed by atoms with E-state index in [4.69, 9.17) is 4.52 Å². The zero-order valence-electron chi connectivity index (χ0n) is 18.6. The molecule has 0 aliphatic carbocycles. The fourth-order valence-electron chi connectivity index (χ4n) is 4.10. The molecular formula is C23H32N4O3. The summed E-state index contributed by atoms with van der Waals surface area (Å²) >= 11 is 0. The number of hydrogen-bond donors (Lipinski definition) is 0. The highest BCUT2D eigenvalue weighted by molar-refractivity contribution is 5.95. The van der Waals surface area contributed by atoms with Crippen LogP contribution >= 0.6 is 0 Å². The normalized spacial score (nSPS) is 16.3. The minimum absolute atomic E-state index is 0.00611. The van der Waals surface area contributed by atoms with Crippen LogP contribution in [0.2, 0.25) is 0 Å². The first-order valence-electron chi connectivity index (χ1n) is 10.7. The zero-order chi connectivity index (χ0) is 21.8. The molecule has 1 aliphatic rings. The molecule has 0 N–H and O–H groups in total. The van der Waals surface area contributed by atoms with E-state index in [0.29, 0.717) is 49.3 Å². The number of amides is 2. The smallest absolute Gasteiger partial charge is 0.253 e. The van der Waals surface area contributed by atoms with Crippen molar-refractivity contribution < 1.29 is 14.1 Å². The van der Waals surface area contributed by atoms with Crippen LogP contribution in [-0.4, -0.2) is 57.4 Å². The first-order valence-corrected chi connectivity index (χ1v) is 10.7. The number of rotatable bonds is 7. The summed E-state index contributed by atoms with van der Waals surface area (Å²) in [5, 5.41) is 4.04. The summed E-state index contributed by atoms with van der Waals surface area (Å²) in [7, 11) is 0. The number of carbonyl (C=O) groups excluding carboxylic acids is 2. The third kappa shape index (κ3) is 5.46. The first-order chi connectivity index (χ1) is 14.2. The predicted octanol–water partition coefficient (Wildman–Crippen LogP) is 3.19. The highest BCUT2D eigenvalue weighted by Crippen LogP contribution is 2.20. The summed E-state index contributed by atoms with van der Waals surface area (Å²) < 4.78 is 5.29. The van der Waals surface area contributed by atoms with Gasteiger partial charge in [-0.15, -0.1) is 0 Å². The van der Waals surface area contributed by atoms with Crippen molar-refractivity contribution in [2.24, 2.45) is 5.92 Å². The number of hydrogen-bond acceptors (Lipinski definition) is 5.